The lowest BCUT2D eigenvalue weighted by molar-refractivity contribution is -0.147. The predicted octanol–water partition coefficient (Wildman–Crippen LogP) is 0.374. The molecule has 0 aromatic heterocycles. The molecule has 3 rings (SSSR count). The molecule has 2 saturated heterocycles. The van der Waals surface area contributed by atoms with Gasteiger partial charge in [0.1, 0.15) is 0 Å². The van der Waals surface area contributed by atoms with Gasteiger partial charge in [0.05, 0.1) is 24.7 Å². The summed E-state index contributed by atoms with van der Waals surface area (Å²) in [5, 5.41) is 13.9. The number of piperidine rings is 1. The number of hydrogen-bond acceptors (Lipinski definition) is 4. The lowest BCUT2D eigenvalue weighted by Crippen LogP contribution is -2.56. The van der Waals surface area contributed by atoms with Gasteiger partial charge in [-0.3, -0.25) is 4.79 Å². The van der Waals surface area contributed by atoms with E-state index in [-0.39, 0.29) is 23.8 Å². The first kappa shape index (κ1) is 14.3. The van der Waals surface area contributed by atoms with Crippen LogP contribution in [-0.2, 0) is 9.53 Å². The first-order chi connectivity index (χ1) is 9.64. The number of nitrogens with zero attached hydrogens (tertiary/aromatic N) is 1. The molecule has 1 aliphatic carbocycles. The third-order valence-electron chi connectivity index (χ3n) is 5.51. The number of rotatable bonds is 2. The maximum atomic E-state index is 12.7. The molecule has 0 spiro atoms. The molecule has 0 aromatic carbocycles. The second kappa shape index (κ2) is 5.62. The summed E-state index contributed by atoms with van der Waals surface area (Å²) in [6, 6.07) is 0.134. The molecule has 5 nitrogen and oxygen atoms in total. The van der Waals surface area contributed by atoms with Crippen molar-refractivity contribution in [1.29, 1.82) is 0 Å². The number of ether oxygens (including phenoxy) is 1. The Morgan fingerprint density at radius 1 is 1.35 bits per heavy atom. The number of fused-ring (bicyclic) bond motifs is 1. The van der Waals surface area contributed by atoms with E-state index in [4.69, 9.17) is 4.74 Å². The van der Waals surface area contributed by atoms with Gasteiger partial charge in [-0.05, 0) is 26.3 Å². The van der Waals surface area contributed by atoms with E-state index >= 15 is 0 Å². The van der Waals surface area contributed by atoms with Crippen LogP contribution in [0.1, 0.15) is 32.1 Å². The molecule has 1 saturated carbocycles. The van der Waals surface area contributed by atoms with E-state index in [1.54, 1.807) is 0 Å². The smallest absolute Gasteiger partial charge is 0.229 e. The zero-order chi connectivity index (χ0) is 14.2. The summed E-state index contributed by atoms with van der Waals surface area (Å²) in [7, 11) is 1.88. The molecule has 0 radical (unpaired) electrons. The highest BCUT2D eigenvalue weighted by Gasteiger charge is 2.45. The second-order valence-corrected chi connectivity index (χ2v) is 6.62. The van der Waals surface area contributed by atoms with Crippen LogP contribution in [0.2, 0.25) is 0 Å². The number of likely N-dealkylation sites (tertiary alicyclic amines) is 1. The molecule has 3 aliphatic rings. The Kier molecular flexibility index (Phi) is 4.02. The van der Waals surface area contributed by atoms with Gasteiger partial charge in [0, 0.05) is 25.0 Å². The molecular formula is C15H26N2O3. The molecule has 1 amide bonds. The first-order valence-corrected chi connectivity index (χ1v) is 7.90. The minimum Gasteiger partial charge on any atom is -0.389 e. The minimum atomic E-state index is -0.510. The van der Waals surface area contributed by atoms with Crippen molar-refractivity contribution in [2.24, 2.45) is 11.8 Å². The van der Waals surface area contributed by atoms with Gasteiger partial charge in [0.25, 0.3) is 0 Å². The normalized spacial score (nSPS) is 41.5. The van der Waals surface area contributed by atoms with E-state index < -0.39 is 5.60 Å². The van der Waals surface area contributed by atoms with Gasteiger partial charge in [-0.15, -0.1) is 0 Å². The summed E-state index contributed by atoms with van der Waals surface area (Å²) < 4.78 is 5.44. The second-order valence-electron chi connectivity index (χ2n) is 6.62. The average molecular weight is 282 g/mol. The highest BCUT2D eigenvalue weighted by molar-refractivity contribution is 5.80. The van der Waals surface area contributed by atoms with Crippen molar-refractivity contribution >= 4 is 5.91 Å². The van der Waals surface area contributed by atoms with Gasteiger partial charge in [-0.25, -0.2) is 0 Å². The molecule has 2 aliphatic heterocycles. The van der Waals surface area contributed by atoms with Crippen LogP contribution in [0.5, 0.6) is 0 Å². The van der Waals surface area contributed by atoms with Crippen molar-refractivity contribution in [3.63, 3.8) is 0 Å². The Hall–Kier alpha value is -0.650. The molecule has 4 atom stereocenters. The molecule has 5 heteroatoms. The molecule has 4 unspecified atom stereocenters. The lowest BCUT2D eigenvalue weighted by Gasteiger charge is -2.48. The summed E-state index contributed by atoms with van der Waals surface area (Å²) in [4.78, 5) is 14.6. The van der Waals surface area contributed by atoms with Crippen LogP contribution < -0.4 is 5.32 Å². The Balaban J connectivity index is 1.65. The number of carbonyl (C=O) groups is 1. The van der Waals surface area contributed by atoms with Crippen LogP contribution in [0.25, 0.3) is 0 Å². The number of likely N-dealkylation sites (N-methyl/N-ethyl adjacent to an activating group) is 1. The molecule has 20 heavy (non-hydrogen) atoms. The monoisotopic (exact) mass is 282 g/mol. The van der Waals surface area contributed by atoms with Crippen LogP contribution in [0.4, 0.5) is 0 Å². The summed E-state index contributed by atoms with van der Waals surface area (Å²) >= 11 is 0. The van der Waals surface area contributed by atoms with Crippen LogP contribution in [-0.4, -0.2) is 60.9 Å². The number of aliphatic hydroxyl groups is 1. The van der Waals surface area contributed by atoms with E-state index in [1.165, 1.54) is 6.42 Å². The number of carbonyl (C=O) groups excluding carboxylic acids is 1. The van der Waals surface area contributed by atoms with Crippen molar-refractivity contribution in [2.75, 3.05) is 33.4 Å². The predicted molar refractivity (Wildman–Crippen MR) is 75.3 cm³/mol. The summed E-state index contributed by atoms with van der Waals surface area (Å²) in [6.07, 6.45) is 5.00. The highest BCUT2D eigenvalue weighted by atomic mass is 16.5. The zero-order valence-corrected chi connectivity index (χ0v) is 12.3. The van der Waals surface area contributed by atoms with Gasteiger partial charge < -0.3 is 20.1 Å². The van der Waals surface area contributed by atoms with E-state index in [2.05, 4.69) is 5.32 Å². The molecule has 3 fully saturated rings. The lowest BCUT2D eigenvalue weighted by atomic mass is 9.71. The van der Waals surface area contributed by atoms with Crippen LogP contribution >= 0.6 is 0 Å². The summed E-state index contributed by atoms with van der Waals surface area (Å²) in [6.45, 7) is 2.56. The van der Waals surface area contributed by atoms with E-state index in [0.29, 0.717) is 19.8 Å². The summed E-state index contributed by atoms with van der Waals surface area (Å²) in [5.74, 6) is 0.411. The molecule has 2 N–H and O–H groups in total. The van der Waals surface area contributed by atoms with Gasteiger partial charge in [0.2, 0.25) is 5.91 Å². The van der Waals surface area contributed by atoms with Gasteiger partial charge in [-0.2, -0.15) is 0 Å². The maximum absolute atomic E-state index is 12.7. The van der Waals surface area contributed by atoms with Crippen LogP contribution in [0, 0.1) is 11.8 Å². The van der Waals surface area contributed by atoms with E-state index in [0.717, 1.165) is 32.2 Å². The average Bonchev–Trinajstić information content (AvgIpc) is 2.94. The van der Waals surface area contributed by atoms with Crippen molar-refractivity contribution in [3.05, 3.63) is 0 Å². The summed E-state index contributed by atoms with van der Waals surface area (Å²) in [5.41, 5.74) is -0.510. The van der Waals surface area contributed by atoms with Crippen LogP contribution in [0.3, 0.4) is 0 Å². The van der Waals surface area contributed by atoms with E-state index in [9.17, 15) is 9.90 Å². The van der Waals surface area contributed by atoms with Crippen LogP contribution in [0.15, 0.2) is 0 Å². The van der Waals surface area contributed by atoms with Gasteiger partial charge >= 0.3 is 0 Å². The zero-order valence-electron chi connectivity index (χ0n) is 12.3. The molecule has 2 heterocycles. The first-order valence-electron chi connectivity index (χ1n) is 7.90. The third-order valence-corrected chi connectivity index (χ3v) is 5.51. The van der Waals surface area contributed by atoms with Gasteiger partial charge in [0.15, 0.2) is 0 Å². The third kappa shape index (κ3) is 2.47. The Labute approximate surface area is 120 Å². The van der Waals surface area contributed by atoms with E-state index in [1.807, 2.05) is 11.9 Å². The molecule has 0 bridgehead atoms. The fraction of sp³-hybridized carbons (Fsp3) is 0.933. The van der Waals surface area contributed by atoms with Crippen molar-refractivity contribution in [3.8, 4) is 0 Å². The largest absolute Gasteiger partial charge is 0.389 e. The SMILES string of the molecule is CNC1COCC1C(=O)N1CCC2(O)CCCCC2C1. The Morgan fingerprint density at radius 2 is 2.20 bits per heavy atom. The molecule has 0 aromatic rings. The topological polar surface area (TPSA) is 61.8 Å². The number of amides is 1. The minimum absolute atomic E-state index is 0.0604. The number of hydrogen-bond donors (Lipinski definition) is 2. The highest BCUT2D eigenvalue weighted by Crippen LogP contribution is 2.40. The Bertz CT molecular complexity index is 376. The molecule has 114 valence electrons. The van der Waals surface area contributed by atoms with Crippen molar-refractivity contribution in [1.82, 2.24) is 10.2 Å². The van der Waals surface area contributed by atoms with Crippen molar-refractivity contribution in [2.45, 2.75) is 43.7 Å². The fourth-order valence-corrected chi connectivity index (χ4v) is 4.09. The maximum Gasteiger partial charge on any atom is 0.229 e. The number of nitrogens with one attached hydrogen (secondary N) is 1. The molecular weight excluding hydrogens is 256 g/mol. The standard InChI is InChI=1S/C15H26N2O3/c1-16-13-10-20-9-12(13)14(18)17-7-6-15(19)5-3-2-4-11(15)8-17/h11-13,16,19H,2-10H2,1H3. The quantitative estimate of drug-likeness (QED) is 0.768. The fourth-order valence-electron chi connectivity index (χ4n) is 4.09. The van der Waals surface area contributed by atoms with Gasteiger partial charge in [-0.1, -0.05) is 12.8 Å². The van der Waals surface area contributed by atoms with Crippen molar-refractivity contribution < 1.29 is 14.6 Å². The Morgan fingerprint density at radius 3 is 3.00 bits per heavy atom.